The summed E-state index contributed by atoms with van der Waals surface area (Å²) in [6.45, 7) is 3.58. The van der Waals surface area contributed by atoms with Crippen molar-refractivity contribution in [3.05, 3.63) is 71.6 Å². The number of pyridine rings is 2. The van der Waals surface area contributed by atoms with Crippen LogP contribution >= 0.6 is 0 Å². The van der Waals surface area contributed by atoms with Gasteiger partial charge in [0.25, 0.3) is 5.91 Å². The highest BCUT2D eigenvalue weighted by atomic mass is 19.1. The Morgan fingerprint density at radius 3 is 2.88 bits per heavy atom. The molecule has 0 radical (unpaired) electrons. The van der Waals surface area contributed by atoms with E-state index in [0.29, 0.717) is 33.6 Å². The van der Waals surface area contributed by atoms with Gasteiger partial charge < -0.3 is 5.32 Å². The first-order valence-electron chi connectivity index (χ1n) is 8.20. The number of hydrogen-bond donors (Lipinski definition) is 1. The lowest BCUT2D eigenvalue weighted by Crippen LogP contribution is -2.28. The third kappa shape index (κ3) is 2.77. The van der Waals surface area contributed by atoms with E-state index in [1.165, 1.54) is 12.1 Å². The van der Waals surface area contributed by atoms with Crippen LogP contribution in [0.25, 0.3) is 16.6 Å². The van der Waals surface area contributed by atoms with Crippen LogP contribution in [0.4, 0.5) is 4.39 Å². The van der Waals surface area contributed by atoms with Gasteiger partial charge in [0.15, 0.2) is 11.5 Å². The van der Waals surface area contributed by atoms with Crippen molar-refractivity contribution in [3.63, 3.8) is 0 Å². The van der Waals surface area contributed by atoms with Crippen LogP contribution in [0, 0.1) is 12.7 Å². The SMILES string of the molecule is Cc1nc2cc(F)ccc2cc1C(=O)N[C@@H](C)c1nnc2ccccn12. The molecule has 0 aliphatic heterocycles. The summed E-state index contributed by atoms with van der Waals surface area (Å²) in [6, 6.07) is 11.3. The van der Waals surface area contributed by atoms with E-state index in [1.807, 2.05) is 35.7 Å². The molecule has 1 aromatic carbocycles. The van der Waals surface area contributed by atoms with Gasteiger partial charge in [0.2, 0.25) is 0 Å². The summed E-state index contributed by atoms with van der Waals surface area (Å²) >= 11 is 0. The van der Waals surface area contributed by atoms with E-state index in [0.717, 1.165) is 0 Å². The molecule has 130 valence electrons. The Labute approximate surface area is 148 Å². The number of aromatic nitrogens is 4. The zero-order valence-electron chi connectivity index (χ0n) is 14.3. The number of carbonyl (C=O) groups is 1. The molecule has 6 nitrogen and oxygen atoms in total. The van der Waals surface area contributed by atoms with Crippen molar-refractivity contribution < 1.29 is 9.18 Å². The van der Waals surface area contributed by atoms with Crippen molar-refractivity contribution in [1.29, 1.82) is 0 Å². The molecule has 4 aromatic rings. The standard InChI is InChI=1S/C19H16FN5O/c1-11-15(9-13-6-7-14(20)10-16(13)21-11)19(26)22-12(2)18-24-23-17-5-3-4-8-25(17)18/h3-10,12H,1-2H3,(H,22,26)/t12-/m0/s1. The van der Waals surface area contributed by atoms with Gasteiger partial charge in [0, 0.05) is 17.6 Å². The van der Waals surface area contributed by atoms with Crippen LogP contribution in [-0.4, -0.2) is 25.5 Å². The van der Waals surface area contributed by atoms with Crippen LogP contribution in [0.3, 0.4) is 0 Å². The van der Waals surface area contributed by atoms with Crippen molar-refractivity contribution in [1.82, 2.24) is 24.9 Å². The molecule has 1 atom stereocenters. The average molecular weight is 349 g/mol. The highest BCUT2D eigenvalue weighted by molar-refractivity contribution is 5.98. The molecule has 0 spiro atoms. The normalized spacial score (nSPS) is 12.4. The zero-order chi connectivity index (χ0) is 18.3. The number of amides is 1. The number of nitrogens with one attached hydrogen (secondary N) is 1. The van der Waals surface area contributed by atoms with Crippen molar-refractivity contribution in [3.8, 4) is 0 Å². The molecule has 1 N–H and O–H groups in total. The predicted molar refractivity (Wildman–Crippen MR) is 95.3 cm³/mol. The van der Waals surface area contributed by atoms with E-state index >= 15 is 0 Å². The van der Waals surface area contributed by atoms with E-state index in [2.05, 4.69) is 20.5 Å². The Balaban J connectivity index is 1.64. The van der Waals surface area contributed by atoms with Crippen molar-refractivity contribution in [2.75, 3.05) is 0 Å². The first-order chi connectivity index (χ1) is 12.5. The second-order valence-electron chi connectivity index (χ2n) is 6.14. The lowest BCUT2D eigenvalue weighted by Gasteiger charge is -2.14. The van der Waals surface area contributed by atoms with Gasteiger partial charge in [-0.1, -0.05) is 6.07 Å². The first kappa shape index (κ1) is 16.1. The minimum atomic E-state index is -0.353. The van der Waals surface area contributed by atoms with Crippen LogP contribution in [-0.2, 0) is 0 Å². The van der Waals surface area contributed by atoms with Gasteiger partial charge in [-0.3, -0.25) is 14.2 Å². The molecule has 0 unspecified atom stereocenters. The van der Waals surface area contributed by atoms with Gasteiger partial charge in [-0.25, -0.2) is 4.39 Å². The second-order valence-corrected chi connectivity index (χ2v) is 6.14. The highest BCUT2D eigenvalue weighted by Crippen LogP contribution is 2.19. The van der Waals surface area contributed by atoms with Crippen LogP contribution in [0.2, 0.25) is 0 Å². The molecule has 4 rings (SSSR count). The number of rotatable bonds is 3. The van der Waals surface area contributed by atoms with Gasteiger partial charge in [0.1, 0.15) is 5.82 Å². The van der Waals surface area contributed by atoms with Crippen LogP contribution in [0.15, 0.2) is 48.7 Å². The summed E-state index contributed by atoms with van der Waals surface area (Å²) in [5.41, 5.74) is 2.23. The third-order valence-electron chi connectivity index (χ3n) is 4.29. The number of aryl methyl sites for hydroxylation is 1. The van der Waals surface area contributed by atoms with Crippen LogP contribution < -0.4 is 5.32 Å². The Kier molecular flexibility index (Phi) is 3.84. The molecule has 0 fully saturated rings. The Bertz CT molecular complexity index is 1140. The maximum atomic E-state index is 13.3. The van der Waals surface area contributed by atoms with Crippen LogP contribution in [0.5, 0.6) is 0 Å². The molecule has 0 aliphatic rings. The average Bonchev–Trinajstić information content (AvgIpc) is 3.05. The molecule has 1 amide bonds. The summed E-state index contributed by atoms with van der Waals surface area (Å²) in [5.74, 6) is 0.0257. The molecule has 0 saturated carbocycles. The Morgan fingerprint density at radius 2 is 2.04 bits per heavy atom. The number of benzene rings is 1. The molecular weight excluding hydrogens is 333 g/mol. The summed E-state index contributed by atoms with van der Waals surface area (Å²) in [5, 5.41) is 11.9. The number of nitrogens with zero attached hydrogens (tertiary/aromatic N) is 4. The van der Waals surface area contributed by atoms with Crippen molar-refractivity contribution >= 4 is 22.5 Å². The highest BCUT2D eigenvalue weighted by Gasteiger charge is 2.18. The molecule has 7 heteroatoms. The fourth-order valence-corrected chi connectivity index (χ4v) is 2.96. The topological polar surface area (TPSA) is 72.2 Å². The molecule has 3 aromatic heterocycles. The third-order valence-corrected chi connectivity index (χ3v) is 4.29. The molecule has 26 heavy (non-hydrogen) atoms. The van der Waals surface area contributed by atoms with E-state index in [4.69, 9.17) is 0 Å². The lowest BCUT2D eigenvalue weighted by molar-refractivity contribution is 0.0937. The molecule has 0 saturated heterocycles. The molecule has 0 bridgehead atoms. The smallest absolute Gasteiger partial charge is 0.253 e. The minimum Gasteiger partial charge on any atom is -0.342 e. The van der Waals surface area contributed by atoms with Crippen molar-refractivity contribution in [2.24, 2.45) is 0 Å². The number of carbonyl (C=O) groups excluding carboxylic acids is 1. The van der Waals surface area contributed by atoms with E-state index < -0.39 is 0 Å². The van der Waals surface area contributed by atoms with E-state index in [-0.39, 0.29) is 17.8 Å². The number of hydrogen-bond acceptors (Lipinski definition) is 4. The monoisotopic (exact) mass is 349 g/mol. The summed E-state index contributed by atoms with van der Waals surface area (Å²) < 4.78 is 15.2. The summed E-state index contributed by atoms with van der Waals surface area (Å²) in [6.07, 6.45) is 1.85. The van der Waals surface area contributed by atoms with Crippen molar-refractivity contribution in [2.45, 2.75) is 19.9 Å². The quantitative estimate of drug-likeness (QED) is 0.616. The molecular formula is C19H16FN5O. The molecule has 3 heterocycles. The first-order valence-corrected chi connectivity index (χ1v) is 8.20. The van der Waals surface area contributed by atoms with Gasteiger partial charge in [-0.2, -0.15) is 0 Å². The summed E-state index contributed by atoms with van der Waals surface area (Å²) in [7, 11) is 0. The largest absolute Gasteiger partial charge is 0.342 e. The van der Waals surface area contributed by atoms with E-state index in [1.54, 1.807) is 19.1 Å². The predicted octanol–water partition coefficient (Wildman–Crippen LogP) is 3.22. The Hall–Kier alpha value is -3.35. The van der Waals surface area contributed by atoms with Gasteiger partial charge in [0.05, 0.1) is 22.8 Å². The Morgan fingerprint density at radius 1 is 1.19 bits per heavy atom. The van der Waals surface area contributed by atoms with Crippen LogP contribution in [0.1, 0.15) is 34.8 Å². The second kappa shape index (κ2) is 6.18. The zero-order valence-corrected chi connectivity index (χ0v) is 14.3. The van der Waals surface area contributed by atoms with Gasteiger partial charge >= 0.3 is 0 Å². The maximum Gasteiger partial charge on any atom is 0.253 e. The minimum absolute atomic E-state index is 0.263. The molecule has 0 aliphatic carbocycles. The number of fused-ring (bicyclic) bond motifs is 2. The maximum absolute atomic E-state index is 13.3. The fraction of sp³-hybridized carbons (Fsp3) is 0.158. The fourth-order valence-electron chi connectivity index (χ4n) is 2.96. The number of halogens is 1. The summed E-state index contributed by atoms with van der Waals surface area (Å²) in [4.78, 5) is 17.1. The van der Waals surface area contributed by atoms with Gasteiger partial charge in [-0.05, 0) is 44.2 Å². The van der Waals surface area contributed by atoms with E-state index in [9.17, 15) is 9.18 Å². The lowest BCUT2D eigenvalue weighted by atomic mass is 10.1. The van der Waals surface area contributed by atoms with Gasteiger partial charge in [-0.15, -0.1) is 10.2 Å².